The van der Waals surface area contributed by atoms with Gasteiger partial charge in [0.25, 0.3) is 0 Å². The fourth-order valence-electron chi connectivity index (χ4n) is 0.474. The lowest BCUT2D eigenvalue weighted by Crippen LogP contribution is -2.00. The molecule has 50 valence electrons. The third kappa shape index (κ3) is 1.48. The maximum Gasteiger partial charge on any atom is 0.223 e. The molecule has 0 saturated carbocycles. The number of hydrogen-bond acceptors (Lipinski definition) is 5. The minimum Gasteiger partial charge on any atom is -0.340 e. The molecule has 9 heavy (non-hydrogen) atoms. The smallest absolute Gasteiger partial charge is 0.223 e. The van der Waals surface area contributed by atoms with Crippen molar-refractivity contribution in [2.45, 2.75) is 13.5 Å². The Morgan fingerprint density at radius 3 is 3.00 bits per heavy atom. The molecule has 1 aromatic heterocycles. The summed E-state index contributed by atoms with van der Waals surface area (Å²) in [6, 6.07) is 0. The average Bonchev–Trinajstić information content (AvgIpc) is 2.17. The van der Waals surface area contributed by atoms with Crippen LogP contribution in [-0.2, 0) is 11.4 Å². The first-order valence-electron chi connectivity index (χ1n) is 2.44. The van der Waals surface area contributed by atoms with Gasteiger partial charge in [-0.25, -0.2) is 5.90 Å². The van der Waals surface area contributed by atoms with E-state index < -0.39 is 0 Å². The van der Waals surface area contributed by atoms with Crippen LogP contribution >= 0.6 is 0 Å². The van der Waals surface area contributed by atoms with Gasteiger partial charge in [0.1, 0.15) is 6.61 Å². The molecule has 0 atom stereocenters. The Morgan fingerprint density at radius 1 is 1.78 bits per heavy atom. The summed E-state index contributed by atoms with van der Waals surface area (Å²) in [5.41, 5.74) is 0. The Kier molecular flexibility index (Phi) is 1.76. The van der Waals surface area contributed by atoms with Crippen LogP contribution < -0.4 is 5.90 Å². The topological polar surface area (TPSA) is 74.2 Å². The first-order valence-corrected chi connectivity index (χ1v) is 2.44. The first-order chi connectivity index (χ1) is 4.33. The van der Waals surface area contributed by atoms with E-state index in [1.807, 2.05) is 0 Å². The zero-order valence-corrected chi connectivity index (χ0v) is 5.00. The SMILES string of the molecule is Cc1nc(CON)no1. The number of rotatable bonds is 2. The van der Waals surface area contributed by atoms with Gasteiger partial charge in [-0.3, -0.25) is 4.84 Å². The van der Waals surface area contributed by atoms with Gasteiger partial charge in [0.2, 0.25) is 5.89 Å². The lowest BCUT2D eigenvalue weighted by atomic mass is 10.7. The summed E-state index contributed by atoms with van der Waals surface area (Å²) in [6.45, 7) is 1.89. The van der Waals surface area contributed by atoms with Gasteiger partial charge in [-0.1, -0.05) is 5.16 Å². The minimum atomic E-state index is 0.192. The lowest BCUT2D eigenvalue weighted by molar-refractivity contribution is 0.116. The fraction of sp³-hybridized carbons (Fsp3) is 0.500. The number of aromatic nitrogens is 2. The van der Waals surface area contributed by atoms with E-state index in [-0.39, 0.29) is 6.61 Å². The molecule has 0 aromatic carbocycles. The predicted molar refractivity (Wildman–Crippen MR) is 28.0 cm³/mol. The largest absolute Gasteiger partial charge is 0.340 e. The normalized spacial score (nSPS) is 10.0. The van der Waals surface area contributed by atoms with Crippen molar-refractivity contribution < 1.29 is 9.36 Å². The summed E-state index contributed by atoms with van der Waals surface area (Å²) in [5.74, 6) is 5.73. The third-order valence-electron chi connectivity index (χ3n) is 0.782. The highest BCUT2D eigenvalue weighted by molar-refractivity contribution is 4.80. The summed E-state index contributed by atoms with van der Waals surface area (Å²) >= 11 is 0. The van der Waals surface area contributed by atoms with Crippen LogP contribution in [0.1, 0.15) is 11.7 Å². The Morgan fingerprint density at radius 2 is 2.56 bits per heavy atom. The van der Waals surface area contributed by atoms with Gasteiger partial charge in [0.05, 0.1) is 0 Å². The zero-order valence-electron chi connectivity index (χ0n) is 5.00. The highest BCUT2D eigenvalue weighted by atomic mass is 16.6. The van der Waals surface area contributed by atoms with Crippen LogP contribution in [-0.4, -0.2) is 10.1 Å². The quantitative estimate of drug-likeness (QED) is 0.558. The van der Waals surface area contributed by atoms with Crippen molar-refractivity contribution in [1.82, 2.24) is 10.1 Å². The van der Waals surface area contributed by atoms with E-state index >= 15 is 0 Å². The Bertz CT molecular complexity index is 186. The Balaban J connectivity index is 2.61. The number of nitrogens with zero attached hydrogens (tertiary/aromatic N) is 2. The molecular formula is C4H7N3O2. The van der Waals surface area contributed by atoms with Crippen molar-refractivity contribution in [3.05, 3.63) is 11.7 Å². The summed E-state index contributed by atoms with van der Waals surface area (Å²) in [7, 11) is 0. The predicted octanol–water partition coefficient (Wildman–Crippen LogP) is -0.232. The van der Waals surface area contributed by atoms with Crippen molar-refractivity contribution in [2.24, 2.45) is 5.90 Å². The van der Waals surface area contributed by atoms with Crippen LogP contribution in [0.2, 0.25) is 0 Å². The van der Waals surface area contributed by atoms with Crippen molar-refractivity contribution >= 4 is 0 Å². The molecular weight excluding hydrogens is 122 g/mol. The number of aryl methyl sites for hydroxylation is 1. The summed E-state index contributed by atoms with van der Waals surface area (Å²) in [4.78, 5) is 8.07. The highest BCUT2D eigenvalue weighted by Gasteiger charge is 1.98. The second kappa shape index (κ2) is 2.56. The van der Waals surface area contributed by atoms with Gasteiger partial charge in [-0.15, -0.1) is 0 Å². The van der Waals surface area contributed by atoms with Crippen molar-refractivity contribution in [3.8, 4) is 0 Å². The van der Waals surface area contributed by atoms with E-state index in [9.17, 15) is 0 Å². The molecule has 5 nitrogen and oxygen atoms in total. The van der Waals surface area contributed by atoms with E-state index in [1.54, 1.807) is 6.92 Å². The molecule has 0 amide bonds. The van der Waals surface area contributed by atoms with Crippen molar-refractivity contribution in [2.75, 3.05) is 0 Å². The second-order valence-corrected chi connectivity index (χ2v) is 1.54. The van der Waals surface area contributed by atoms with Crippen LogP contribution in [0.3, 0.4) is 0 Å². The second-order valence-electron chi connectivity index (χ2n) is 1.54. The molecule has 0 aliphatic carbocycles. The molecule has 1 rings (SSSR count). The summed E-state index contributed by atoms with van der Waals surface area (Å²) in [6.07, 6.45) is 0. The van der Waals surface area contributed by atoms with Gasteiger partial charge in [0, 0.05) is 6.92 Å². The standard InChI is InChI=1S/C4H7N3O2/c1-3-6-4(2-8-5)7-9-3/h2,5H2,1H3. The molecule has 1 heterocycles. The van der Waals surface area contributed by atoms with E-state index in [0.717, 1.165) is 0 Å². The van der Waals surface area contributed by atoms with Crippen molar-refractivity contribution in [3.63, 3.8) is 0 Å². The van der Waals surface area contributed by atoms with Gasteiger partial charge in [-0.2, -0.15) is 4.98 Å². The molecule has 0 aliphatic rings. The van der Waals surface area contributed by atoms with Crippen LogP contribution in [0.4, 0.5) is 0 Å². The minimum absolute atomic E-state index is 0.192. The lowest BCUT2D eigenvalue weighted by Gasteiger charge is -1.84. The monoisotopic (exact) mass is 129 g/mol. The maximum atomic E-state index is 4.75. The van der Waals surface area contributed by atoms with E-state index in [2.05, 4.69) is 19.5 Å². The molecule has 0 fully saturated rings. The summed E-state index contributed by atoms with van der Waals surface area (Å²) < 4.78 is 4.62. The van der Waals surface area contributed by atoms with Crippen LogP contribution in [0.15, 0.2) is 4.52 Å². The van der Waals surface area contributed by atoms with Crippen LogP contribution in [0.25, 0.3) is 0 Å². The van der Waals surface area contributed by atoms with Crippen molar-refractivity contribution in [1.29, 1.82) is 0 Å². The molecule has 5 heteroatoms. The maximum absolute atomic E-state index is 4.75. The van der Waals surface area contributed by atoms with E-state index in [1.165, 1.54) is 0 Å². The van der Waals surface area contributed by atoms with E-state index in [0.29, 0.717) is 11.7 Å². The van der Waals surface area contributed by atoms with Crippen LogP contribution in [0, 0.1) is 6.92 Å². The average molecular weight is 129 g/mol. The molecule has 0 aliphatic heterocycles. The number of hydrogen-bond donors (Lipinski definition) is 1. The third-order valence-corrected chi connectivity index (χ3v) is 0.782. The molecule has 0 unspecified atom stereocenters. The molecule has 0 saturated heterocycles. The highest BCUT2D eigenvalue weighted by Crippen LogP contribution is 1.93. The zero-order chi connectivity index (χ0) is 6.69. The molecule has 0 radical (unpaired) electrons. The van der Waals surface area contributed by atoms with Gasteiger partial charge < -0.3 is 4.52 Å². The molecule has 1 aromatic rings. The van der Waals surface area contributed by atoms with Crippen LogP contribution in [0.5, 0.6) is 0 Å². The summed E-state index contributed by atoms with van der Waals surface area (Å²) in [5, 5.41) is 3.51. The van der Waals surface area contributed by atoms with Gasteiger partial charge in [0.15, 0.2) is 5.82 Å². The van der Waals surface area contributed by atoms with E-state index in [4.69, 9.17) is 5.90 Å². The first kappa shape index (κ1) is 6.18. The molecule has 0 spiro atoms. The number of nitrogens with two attached hydrogens (primary N) is 1. The fourth-order valence-corrected chi connectivity index (χ4v) is 0.474. The molecule has 0 bridgehead atoms. The van der Waals surface area contributed by atoms with Gasteiger partial charge in [-0.05, 0) is 0 Å². The molecule has 2 N–H and O–H groups in total. The Labute approximate surface area is 51.8 Å². The Hall–Kier alpha value is -0.940. The van der Waals surface area contributed by atoms with Gasteiger partial charge >= 0.3 is 0 Å².